The summed E-state index contributed by atoms with van der Waals surface area (Å²) in [4.78, 5) is 24.6. The van der Waals surface area contributed by atoms with Gasteiger partial charge in [0.1, 0.15) is 5.82 Å². The summed E-state index contributed by atoms with van der Waals surface area (Å²) in [5, 5.41) is 10.1. The number of morpholine rings is 1. The highest BCUT2D eigenvalue weighted by Gasteiger charge is 2.15. The highest BCUT2D eigenvalue weighted by molar-refractivity contribution is 6.00. The van der Waals surface area contributed by atoms with Gasteiger partial charge in [-0.1, -0.05) is 17.7 Å². The van der Waals surface area contributed by atoms with Crippen molar-refractivity contribution in [3.8, 4) is 22.9 Å². The molecule has 0 saturated carbocycles. The van der Waals surface area contributed by atoms with Crippen LogP contribution >= 0.6 is 0 Å². The zero-order valence-electron chi connectivity index (χ0n) is 23.7. The first-order valence-corrected chi connectivity index (χ1v) is 13.8. The maximum Gasteiger partial charge on any atom is 0.323 e. The molecule has 10 heteroatoms. The van der Waals surface area contributed by atoms with Crippen LogP contribution in [0.2, 0.25) is 0 Å². The molecule has 1 aliphatic heterocycles. The summed E-state index contributed by atoms with van der Waals surface area (Å²) in [5.41, 5.74) is 4.08. The van der Waals surface area contributed by atoms with Crippen LogP contribution in [0.25, 0.3) is 22.3 Å². The molecule has 1 aliphatic rings. The van der Waals surface area contributed by atoms with E-state index < -0.39 is 0 Å². The van der Waals surface area contributed by atoms with E-state index in [0.717, 1.165) is 79.3 Å². The highest BCUT2D eigenvalue weighted by atomic mass is 16.5. The number of anilines is 3. The van der Waals surface area contributed by atoms with Gasteiger partial charge in [0.05, 0.1) is 33.0 Å². The summed E-state index contributed by atoms with van der Waals surface area (Å²) >= 11 is 0. The predicted molar refractivity (Wildman–Crippen MR) is 162 cm³/mol. The maximum atomic E-state index is 12.5. The Bertz CT molecular complexity index is 1470. The van der Waals surface area contributed by atoms with Crippen LogP contribution in [0.1, 0.15) is 12.0 Å². The predicted octanol–water partition coefficient (Wildman–Crippen LogP) is 5.40. The van der Waals surface area contributed by atoms with Gasteiger partial charge in [0.25, 0.3) is 0 Å². The maximum absolute atomic E-state index is 12.5. The van der Waals surface area contributed by atoms with Crippen molar-refractivity contribution >= 4 is 34.1 Å². The number of nitrogens with one attached hydrogen (secondary N) is 3. The van der Waals surface area contributed by atoms with Gasteiger partial charge in [-0.3, -0.25) is 4.90 Å². The van der Waals surface area contributed by atoms with Gasteiger partial charge < -0.3 is 30.2 Å². The number of fused-ring (bicyclic) bond motifs is 1. The number of urea groups is 1. The van der Waals surface area contributed by atoms with Crippen LogP contribution in [0.3, 0.4) is 0 Å². The molecular formula is C31H36N6O4. The van der Waals surface area contributed by atoms with Gasteiger partial charge in [-0.15, -0.1) is 0 Å². The third kappa shape index (κ3) is 7.22. The zero-order chi connectivity index (χ0) is 28.6. The second-order valence-corrected chi connectivity index (χ2v) is 9.88. The Kier molecular flexibility index (Phi) is 9.12. The van der Waals surface area contributed by atoms with Crippen LogP contribution in [0, 0.1) is 6.92 Å². The molecule has 5 rings (SSSR count). The van der Waals surface area contributed by atoms with Gasteiger partial charge in [0.2, 0.25) is 0 Å². The zero-order valence-corrected chi connectivity index (χ0v) is 23.7. The molecule has 0 atom stereocenters. The average Bonchev–Trinajstić information content (AvgIpc) is 3.00. The highest BCUT2D eigenvalue weighted by Crippen LogP contribution is 2.35. The van der Waals surface area contributed by atoms with Crippen molar-refractivity contribution in [3.63, 3.8) is 0 Å². The molecule has 1 fully saturated rings. The second kappa shape index (κ2) is 13.3. The van der Waals surface area contributed by atoms with E-state index in [2.05, 4.69) is 20.9 Å². The number of methoxy groups -OCH3 is 2. The van der Waals surface area contributed by atoms with Crippen LogP contribution < -0.4 is 25.4 Å². The van der Waals surface area contributed by atoms with Gasteiger partial charge in [0.15, 0.2) is 17.3 Å². The number of nitrogens with zero attached hydrogens (tertiary/aromatic N) is 3. The molecule has 0 bridgehead atoms. The quantitative estimate of drug-likeness (QED) is 0.223. The van der Waals surface area contributed by atoms with E-state index in [1.807, 2.05) is 67.6 Å². The fraction of sp³-hybridized carbons (Fsp3) is 0.323. The lowest BCUT2D eigenvalue weighted by molar-refractivity contribution is 0.0378. The number of carbonyl (C=O) groups is 1. The number of hydrogen-bond donors (Lipinski definition) is 3. The third-order valence-electron chi connectivity index (χ3n) is 6.96. The normalized spacial score (nSPS) is 13.5. The molecule has 0 unspecified atom stereocenters. The van der Waals surface area contributed by atoms with Crippen molar-refractivity contribution in [2.24, 2.45) is 0 Å². The number of aryl methyl sites for hydroxylation is 1. The summed E-state index contributed by atoms with van der Waals surface area (Å²) in [6, 6.07) is 18.6. The van der Waals surface area contributed by atoms with Crippen LogP contribution in [0.15, 0.2) is 60.7 Å². The number of carbonyl (C=O) groups excluding carboxylic acids is 1. The Balaban J connectivity index is 1.33. The fourth-order valence-electron chi connectivity index (χ4n) is 4.69. The first-order chi connectivity index (χ1) is 20.0. The molecule has 1 saturated heterocycles. The topological polar surface area (TPSA) is 110 Å². The molecule has 2 heterocycles. The molecule has 214 valence electrons. The number of ether oxygens (including phenoxy) is 3. The van der Waals surface area contributed by atoms with Crippen molar-refractivity contribution in [2.45, 2.75) is 13.3 Å². The summed E-state index contributed by atoms with van der Waals surface area (Å²) in [6.07, 6.45) is 0.971. The van der Waals surface area contributed by atoms with E-state index >= 15 is 0 Å². The molecular weight excluding hydrogens is 520 g/mol. The van der Waals surface area contributed by atoms with Crippen LogP contribution in [0.4, 0.5) is 22.0 Å². The van der Waals surface area contributed by atoms with Crippen molar-refractivity contribution < 1.29 is 19.0 Å². The number of rotatable bonds is 10. The van der Waals surface area contributed by atoms with Gasteiger partial charge in [-0.05, 0) is 62.4 Å². The van der Waals surface area contributed by atoms with Crippen molar-refractivity contribution in [1.29, 1.82) is 0 Å². The van der Waals surface area contributed by atoms with Crippen molar-refractivity contribution in [3.05, 3.63) is 66.2 Å². The van der Waals surface area contributed by atoms with Crippen LogP contribution in [-0.4, -0.2) is 74.5 Å². The molecule has 4 aromatic rings. The summed E-state index contributed by atoms with van der Waals surface area (Å²) in [6.45, 7) is 7.28. The molecule has 2 amide bonds. The van der Waals surface area contributed by atoms with E-state index in [1.165, 1.54) is 0 Å². The Morgan fingerprint density at radius 3 is 2.20 bits per heavy atom. The average molecular weight is 557 g/mol. The second-order valence-electron chi connectivity index (χ2n) is 9.88. The van der Waals surface area contributed by atoms with E-state index in [9.17, 15) is 4.79 Å². The van der Waals surface area contributed by atoms with Crippen LogP contribution in [0.5, 0.6) is 11.5 Å². The summed E-state index contributed by atoms with van der Waals surface area (Å²) in [5.74, 6) is 2.51. The van der Waals surface area contributed by atoms with E-state index in [-0.39, 0.29) is 6.03 Å². The van der Waals surface area contributed by atoms with Crippen molar-refractivity contribution in [2.75, 3.05) is 69.6 Å². The minimum absolute atomic E-state index is 0.312. The van der Waals surface area contributed by atoms with E-state index in [0.29, 0.717) is 23.0 Å². The lowest BCUT2D eigenvalue weighted by atomic mass is 10.1. The van der Waals surface area contributed by atoms with E-state index in [4.69, 9.17) is 24.2 Å². The molecule has 3 N–H and O–H groups in total. The molecule has 3 aromatic carbocycles. The van der Waals surface area contributed by atoms with E-state index in [1.54, 1.807) is 14.2 Å². The number of amides is 2. The largest absolute Gasteiger partial charge is 0.493 e. The standard InChI is InChI=1S/C31H36N6O4/c1-21-5-9-23(10-6-21)33-31(38)34-24-11-7-22(8-12-24)29-35-26-20-28(40-3)27(39-2)19-25(26)30(36-29)32-13-4-14-37-15-17-41-18-16-37/h5-12,19-20H,4,13-18H2,1-3H3,(H,32,35,36)(H2,33,34,38). The Morgan fingerprint density at radius 2 is 1.54 bits per heavy atom. The van der Waals surface area contributed by atoms with Gasteiger partial charge in [0, 0.05) is 48.0 Å². The lowest BCUT2D eigenvalue weighted by Gasteiger charge is -2.26. The fourth-order valence-corrected chi connectivity index (χ4v) is 4.69. The minimum atomic E-state index is -0.312. The number of benzene rings is 3. The molecule has 0 aliphatic carbocycles. The molecule has 1 aromatic heterocycles. The number of aromatic nitrogens is 2. The third-order valence-corrected chi connectivity index (χ3v) is 6.96. The first kappa shape index (κ1) is 28.1. The molecule has 0 radical (unpaired) electrons. The van der Waals surface area contributed by atoms with Gasteiger partial charge in [-0.25, -0.2) is 14.8 Å². The smallest absolute Gasteiger partial charge is 0.323 e. The number of hydrogen-bond acceptors (Lipinski definition) is 8. The SMILES string of the molecule is COc1cc2nc(-c3ccc(NC(=O)Nc4ccc(C)cc4)cc3)nc(NCCCN3CCOCC3)c2cc1OC. The first-order valence-electron chi connectivity index (χ1n) is 13.8. The Labute approximate surface area is 240 Å². The summed E-state index contributed by atoms with van der Waals surface area (Å²) in [7, 11) is 3.22. The van der Waals surface area contributed by atoms with Gasteiger partial charge in [-0.2, -0.15) is 0 Å². The van der Waals surface area contributed by atoms with Gasteiger partial charge >= 0.3 is 6.03 Å². The molecule has 0 spiro atoms. The molecule has 41 heavy (non-hydrogen) atoms. The monoisotopic (exact) mass is 556 g/mol. The van der Waals surface area contributed by atoms with Crippen molar-refractivity contribution in [1.82, 2.24) is 14.9 Å². The van der Waals surface area contributed by atoms with Crippen LogP contribution in [-0.2, 0) is 4.74 Å². The minimum Gasteiger partial charge on any atom is -0.493 e. The Hall–Kier alpha value is -4.41. The molecule has 10 nitrogen and oxygen atoms in total. The Morgan fingerprint density at radius 1 is 0.902 bits per heavy atom. The lowest BCUT2D eigenvalue weighted by Crippen LogP contribution is -2.37. The summed E-state index contributed by atoms with van der Waals surface area (Å²) < 4.78 is 16.5.